The Hall–Kier alpha value is -0.770. The maximum absolute atomic E-state index is 5.67. The molecular formula is C10H19N3S. The van der Waals surface area contributed by atoms with E-state index in [1.54, 1.807) is 0 Å². The van der Waals surface area contributed by atoms with Gasteiger partial charge in [0.1, 0.15) is 10.8 Å². The maximum Gasteiger partial charge on any atom is 0.142 e. The van der Waals surface area contributed by atoms with Crippen molar-refractivity contribution in [2.45, 2.75) is 34.1 Å². The van der Waals surface area contributed by atoms with Crippen LogP contribution in [0, 0.1) is 12.3 Å². The smallest absolute Gasteiger partial charge is 0.142 e. The lowest BCUT2D eigenvalue weighted by Gasteiger charge is -2.23. The van der Waals surface area contributed by atoms with Crippen LogP contribution in [0.4, 0.5) is 10.8 Å². The third-order valence-electron chi connectivity index (χ3n) is 2.64. The molecule has 1 aromatic heterocycles. The van der Waals surface area contributed by atoms with Gasteiger partial charge >= 0.3 is 0 Å². The summed E-state index contributed by atoms with van der Waals surface area (Å²) >= 11 is 1.44. The minimum absolute atomic E-state index is 0.325. The van der Waals surface area contributed by atoms with Gasteiger partial charge in [0, 0.05) is 12.1 Å². The normalized spacial score (nSPS) is 11.7. The molecule has 0 aliphatic heterocycles. The molecule has 0 fully saturated rings. The number of hydrogen-bond acceptors (Lipinski definition) is 4. The van der Waals surface area contributed by atoms with E-state index < -0.39 is 0 Å². The van der Waals surface area contributed by atoms with Gasteiger partial charge in [-0.1, -0.05) is 20.8 Å². The summed E-state index contributed by atoms with van der Waals surface area (Å²) in [4.78, 5) is 0. The number of nitrogens with zero attached hydrogens (tertiary/aromatic N) is 1. The zero-order chi connectivity index (χ0) is 10.8. The zero-order valence-electron chi connectivity index (χ0n) is 9.35. The summed E-state index contributed by atoms with van der Waals surface area (Å²) in [5.74, 6) is 0.645. The Bertz CT molecular complexity index is 304. The Balaban J connectivity index is 2.58. The summed E-state index contributed by atoms with van der Waals surface area (Å²) in [7, 11) is 0. The van der Waals surface area contributed by atoms with Crippen molar-refractivity contribution in [3.8, 4) is 0 Å². The highest BCUT2D eigenvalue weighted by molar-refractivity contribution is 7.10. The number of aromatic nitrogens is 1. The van der Waals surface area contributed by atoms with Gasteiger partial charge in [-0.2, -0.15) is 4.37 Å². The molecule has 1 rings (SSSR count). The summed E-state index contributed by atoms with van der Waals surface area (Å²) in [6.07, 6.45) is 1.16. The average molecular weight is 213 g/mol. The summed E-state index contributed by atoms with van der Waals surface area (Å²) in [5, 5.41) is 4.50. The molecule has 1 aromatic rings. The fourth-order valence-electron chi connectivity index (χ4n) is 0.957. The van der Waals surface area contributed by atoms with E-state index >= 15 is 0 Å². The first-order valence-corrected chi connectivity index (χ1v) is 5.69. The molecule has 80 valence electrons. The first-order chi connectivity index (χ1) is 6.46. The molecule has 0 spiro atoms. The minimum Gasteiger partial charge on any atom is -0.383 e. The molecular weight excluding hydrogens is 194 g/mol. The number of nitrogen functional groups attached to an aromatic ring is 1. The Morgan fingerprint density at radius 3 is 2.57 bits per heavy atom. The molecule has 0 aromatic carbocycles. The Kier molecular flexibility index (Phi) is 3.37. The molecule has 14 heavy (non-hydrogen) atoms. The van der Waals surface area contributed by atoms with Crippen LogP contribution < -0.4 is 11.1 Å². The van der Waals surface area contributed by atoms with E-state index in [1.165, 1.54) is 11.5 Å². The Labute approximate surface area is 89.9 Å². The van der Waals surface area contributed by atoms with E-state index in [0.29, 0.717) is 11.2 Å². The van der Waals surface area contributed by atoms with Gasteiger partial charge < -0.3 is 11.1 Å². The predicted octanol–water partition coefficient (Wildman–Crippen LogP) is 2.88. The summed E-state index contributed by atoms with van der Waals surface area (Å²) in [6, 6.07) is 0. The van der Waals surface area contributed by atoms with Gasteiger partial charge in [-0.15, -0.1) is 0 Å². The van der Waals surface area contributed by atoms with Gasteiger partial charge in [-0.3, -0.25) is 0 Å². The van der Waals surface area contributed by atoms with Crippen LogP contribution in [0.25, 0.3) is 0 Å². The number of hydrogen-bond donors (Lipinski definition) is 2. The van der Waals surface area contributed by atoms with Crippen molar-refractivity contribution >= 4 is 22.4 Å². The standard InChI is InChI=1S/C10H19N3S/c1-5-10(3,4)6-12-9-7(2)8(11)13-14-9/h12H,5-6H2,1-4H3,(H2,11,13). The van der Waals surface area contributed by atoms with Gasteiger partial charge in [-0.05, 0) is 30.3 Å². The van der Waals surface area contributed by atoms with Crippen molar-refractivity contribution in [2.75, 3.05) is 17.6 Å². The lowest BCUT2D eigenvalue weighted by molar-refractivity contribution is 0.377. The van der Waals surface area contributed by atoms with E-state index in [1.807, 2.05) is 6.92 Å². The van der Waals surface area contributed by atoms with Gasteiger partial charge in [0.05, 0.1) is 0 Å². The lowest BCUT2D eigenvalue weighted by Crippen LogP contribution is -2.21. The van der Waals surface area contributed by atoms with E-state index in [2.05, 4.69) is 30.5 Å². The molecule has 1 heterocycles. The number of nitrogens with two attached hydrogens (primary N) is 1. The van der Waals surface area contributed by atoms with Crippen LogP contribution in [-0.2, 0) is 0 Å². The highest BCUT2D eigenvalue weighted by atomic mass is 32.1. The average Bonchev–Trinajstić information content (AvgIpc) is 2.45. The van der Waals surface area contributed by atoms with Crippen LogP contribution in [0.15, 0.2) is 0 Å². The summed E-state index contributed by atoms with van der Waals surface area (Å²) in [5.41, 5.74) is 7.07. The second-order valence-electron chi connectivity index (χ2n) is 4.39. The SMILES string of the molecule is CCC(C)(C)CNc1snc(N)c1C. The minimum atomic E-state index is 0.325. The largest absolute Gasteiger partial charge is 0.383 e. The number of anilines is 2. The second-order valence-corrected chi connectivity index (χ2v) is 5.17. The second kappa shape index (κ2) is 4.17. The van der Waals surface area contributed by atoms with E-state index in [9.17, 15) is 0 Å². The molecule has 0 aliphatic rings. The van der Waals surface area contributed by atoms with Gasteiger partial charge in [0.2, 0.25) is 0 Å². The van der Waals surface area contributed by atoms with E-state index in [4.69, 9.17) is 5.73 Å². The Morgan fingerprint density at radius 1 is 1.50 bits per heavy atom. The molecule has 0 saturated heterocycles. The molecule has 3 N–H and O–H groups in total. The highest BCUT2D eigenvalue weighted by Gasteiger charge is 2.16. The molecule has 0 bridgehead atoms. The highest BCUT2D eigenvalue weighted by Crippen LogP contribution is 2.27. The molecule has 0 saturated carbocycles. The van der Waals surface area contributed by atoms with E-state index in [-0.39, 0.29) is 0 Å². The van der Waals surface area contributed by atoms with Gasteiger partial charge in [0.25, 0.3) is 0 Å². The van der Waals surface area contributed by atoms with Crippen LogP contribution >= 0.6 is 11.5 Å². The van der Waals surface area contributed by atoms with Crippen LogP contribution in [0.2, 0.25) is 0 Å². The fraction of sp³-hybridized carbons (Fsp3) is 0.700. The molecule has 0 atom stereocenters. The molecule has 0 radical (unpaired) electrons. The van der Waals surface area contributed by atoms with Crippen molar-refractivity contribution in [3.05, 3.63) is 5.56 Å². The molecule has 3 nitrogen and oxygen atoms in total. The number of rotatable bonds is 4. The van der Waals surface area contributed by atoms with Crippen LogP contribution in [0.1, 0.15) is 32.8 Å². The molecule has 0 amide bonds. The monoisotopic (exact) mass is 213 g/mol. The van der Waals surface area contributed by atoms with Crippen LogP contribution in [0.5, 0.6) is 0 Å². The third kappa shape index (κ3) is 2.61. The molecule has 4 heteroatoms. The van der Waals surface area contributed by atoms with Gasteiger partial charge in [-0.25, -0.2) is 0 Å². The zero-order valence-corrected chi connectivity index (χ0v) is 10.2. The first-order valence-electron chi connectivity index (χ1n) is 4.92. The fourth-order valence-corrected chi connectivity index (χ4v) is 1.66. The van der Waals surface area contributed by atoms with Crippen molar-refractivity contribution in [2.24, 2.45) is 5.41 Å². The summed E-state index contributed by atoms with van der Waals surface area (Å²) < 4.78 is 4.10. The van der Waals surface area contributed by atoms with Crippen molar-refractivity contribution < 1.29 is 0 Å². The van der Waals surface area contributed by atoms with Crippen LogP contribution in [0.3, 0.4) is 0 Å². The summed E-state index contributed by atoms with van der Waals surface area (Å²) in [6.45, 7) is 9.67. The third-order valence-corrected chi connectivity index (χ3v) is 3.57. The quantitative estimate of drug-likeness (QED) is 0.808. The van der Waals surface area contributed by atoms with Crippen LogP contribution in [-0.4, -0.2) is 10.9 Å². The van der Waals surface area contributed by atoms with Crippen molar-refractivity contribution in [3.63, 3.8) is 0 Å². The van der Waals surface area contributed by atoms with Crippen molar-refractivity contribution in [1.29, 1.82) is 0 Å². The van der Waals surface area contributed by atoms with Crippen molar-refractivity contribution in [1.82, 2.24) is 4.37 Å². The molecule has 0 aliphatic carbocycles. The van der Waals surface area contributed by atoms with Gasteiger partial charge in [0.15, 0.2) is 0 Å². The lowest BCUT2D eigenvalue weighted by atomic mass is 9.90. The Morgan fingerprint density at radius 2 is 2.14 bits per heavy atom. The number of nitrogens with one attached hydrogen (secondary N) is 1. The maximum atomic E-state index is 5.67. The molecule has 0 unspecified atom stereocenters. The first kappa shape index (κ1) is 11.3. The predicted molar refractivity (Wildman–Crippen MR) is 63.8 cm³/mol. The topological polar surface area (TPSA) is 50.9 Å². The van der Waals surface area contributed by atoms with E-state index in [0.717, 1.165) is 23.5 Å².